The van der Waals surface area contributed by atoms with E-state index in [1.165, 1.54) is 11.1 Å². The van der Waals surface area contributed by atoms with Gasteiger partial charge in [0, 0.05) is 17.1 Å². The Labute approximate surface area is 151 Å². The number of pyridine rings is 1. The van der Waals surface area contributed by atoms with Crippen LogP contribution in [0.25, 0.3) is 44.6 Å². The van der Waals surface area contributed by atoms with Crippen molar-refractivity contribution in [1.29, 1.82) is 0 Å². The van der Waals surface area contributed by atoms with E-state index in [2.05, 4.69) is 59.4 Å². The van der Waals surface area contributed by atoms with Crippen molar-refractivity contribution in [3.8, 4) is 22.6 Å². The molecule has 0 atom stereocenters. The fourth-order valence-corrected chi connectivity index (χ4v) is 3.33. The van der Waals surface area contributed by atoms with Crippen LogP contribution in [0.1, 0.15) is 5.56 Å². The van der Waals surface area contributed by atoms with Gasteiger partial charge in [0.1, 0.15) is 5.52 Å². The van der Waals surface area contributed by atoms with Crippen molar-refractivity contribution < 1.29 is 4.42 Å². The summed E-state index contributed by atoms with van der Waals surface area (Å²) >= 11 is 0. The summed E-state index contributed by atoms with van der Waals surface area (Å²) in [5, 5.41) is 1.14. The highest BCUT2D eigenvalue weighted by Crippen LogP contribution is 2.31. The van der Waals surface area contributed by atoms with Gasteiger partial charge < -0.3 is 4.42 Å². The van der Waals surface area contributed by atoms with E-state index in [0.717, 1.165) is 33.1 Å². The number of hydrogen-bond acceptors (Lipinski definition) is 3. The number of rotatable bonds is 2. The molecule has 0 unspecified atom stereocenters. The van der Waals surface area contributed by atoms with E-state index < -0.39 is 0 Å². The van der Waals surface area contributed by atoms with Crippen LogP contribution in [0, 0.1) is 6.92 Å². The first-order chi connectivity index (χ1) is 12.8. The van der Waals surface area contributed by atoms with Crippen LogP contribution >= 0.6 is 0 Å². The third kappa shape index (κ3) is 2.45. The summed E-state index contributed by atoms with van der Waals surface area (Å²) in [4.78, 5) is 9.00. The minimum atomic E-state index is 0.665. The molecule has 0 aliphatic heterocycles. The first-order valence-electron chi connectivity index (χ1n) is 8.60. The van der Waals surface area contributed by atoms with Crippen molar-refractivity contribution in [2.24, 2.45) is 0 Å². The number of oxazole rings is 1. The molecule has 0 saturated heterocycles. The third-order valence-corrected chi connectivity index (χ3v) is 4.69. The van der Waals surface area contributed by atoms with Crippen LogP contribution in [0.15, 0.2) is 83.4 Å². The smallest absolute Gasteiger partial charge is 0.227 e. The van der Waals surface area contributed by atoms with Crippen molar-refractivity contribution in [2.75, 3.05) is 0 Å². The van der Waals surface area contributed by atoms with E-state index in [-0.39, 0.29) is 0 Å². The fourth-order valence-electron chi connectivity index (χ4n) is 3.33. The lowest BCUT2D eigenvalue weighted by molar-refractivity contribution is 0.619. The monoisotopic (exact) mass is 336 g/mol. The SMILES string of the molecule is Cc1cc(-c2ccc3ncccc3c2)ccc1-c1nc2ccccc2o1. The molecule has 0 bridgehead atoms. The van der Waals surface area contributed by atoms with Crippen LogP contribution < -0.4 is 0 Å². The van der Waals surface area contributed by atoms with Crippen LogP contribution in [-0.2, 0) is 0 Å². The molecule has 0 amide bonds. The van der Waals surface area contributed by atoms with Crippen LogP contribution in [-0.4, -0.2) is 9.97 Å². The highest BCUT2D eigenvalue weighted by molar-refractivity contribution is 5.85. The summed E-state index contributed by atoms with van der Waals surface area (Å²) in [6, 6.07) is 24.6. The second kappa shape index (κ2) is 5.81. The molecule has 0 aliphatic carbocycles. The lowest BCUT2D eigenvalue weighted by Gasteiger charge is -2.07. The zero-order chi connectivity index (χ0) is 17.5. The molecule has 0 fully saturated rings. The number of nitrogens with zero attached hydrogens (tertiary/aromatic N) is 2. The van der Waals surface area contributed by atoms with Gasteiger partial charge in [-0.1, -0.05) is 36.4 Å². The molecule has 0 radical (unpaired) electrons. The molecule has 124 valence electrons. The Balaban J connectivity index is 1.58. The van der Waals surface area contributed by atoms with Crippen molar-refractivity contribution in [3.05, 3.63) is 84.6 Å². The molecular weight excluding hydrogens is 320 g/mol. The summed E-state index contributed by atoms with van der Waals surface area (Å²) in [5.41, 5.74) is 7.22. The van der Waals surface area contributed by atoms with Gasteiger partial charge in [0.2, 0.25) is 5.89 Å². The zero-order valence-corrected chi connectivity index (χ0v) is 14.3. The fraction of sp³-hybridized carbons (Fsp3) is 0.0435. The van der Waals surface area contributed by atoms with E-state index in [4.69, 9.17) is 4.42 Å². The number of aromatic nitrogens is 2. The van der Waals surface area contributed by atoms with Crippen molar-refractivity contribution in [3.63, 3.8) is 0 Å². The quantitative estimate of drug-likeness (QED) is 0.396. The highest BCUT2D eigenvalue weighted by Gasteiger charge is 2.11. The topological polar surface area (TPSA) is 38.9 Å². The third-order valence-electron chi connectivity index (χ3n) is 4.69. The van der Waals surface area contributed by atoms with E-state index in [0.29, 0.717) is 5.89 Å². The molecule has 2 aromatic heterocycles. The van der Waals surface area contributed by atoms with Gasteiger partial charge in [-0.3, -0.25) is 4.98 Å². The highest BCUT2D eigenvalue weighted by atomic mass is 16.3. The molecule has 26 heavy (non-hydrogen) atoms. The number of fused-ring (bicyclic) bond motifs is 2. The van der Waals surface area contributed by atoms with Crippen molar-refractivity contribution in [1.82, 2.24) is 9.97 Å². The van der Waals surface area contributed by atoms with E-state index >= 15 is 0 Å². The second-order valence-electron chi connectivity index (χ2n) is 6.43. The second-order valence-corrected chi connectivity index (χ2v) is 6.43. The Kier molecular flexibility index (Phi) is 3.32. The maximum Gasteiger partial charge on any atom is 0.227 e. The largest absolute Gasteiger partial charge is 0.436 e. The van der Waals surface area contributed by atoms with Crippen LogP contribution in [0.5, 0.6) is 0 Å². The van der Waals surface area contributed by atoms with Gasteiger partial charge in [0.15, 0.2) is 5.58 Å². The van der Waals surface area contributed by atoms with Crippen LogP contribution in [0.4, 0.5) is 0 Å². The summed E-state index contributed by atoms with van der Waals surface area (Å²) in [6.45, 7) is 2.09. The Hall–Kier alpha value is -3.46. The summed E-state index contributed by atoms with van der Waals surface area (Å²) in [6.07, 6.45) is 1.82. The van der Waals surface area contributed by atoms with Crippen molar-refractivity contribution >= 4 is 22.0 Å². The molecule has 5 rings (SSSR count). The lowest BCUT2D eigenvalue weighted by atomic mass is 9.98. The first-order valence-corrected chi connectivity index (χ1v) is 8.60. The maximum atomic E-state index is 5.92. The number of aryl methyl sites for hydroxylation is 1. The molecular formula is C23H16N2O. The standard InChI is InChI=1S/C23H16N2O/c1-15-13-16(17-9-11-20-18(14-17)5-4-12-24-20)8-10-19(15)23-25-21-6-2-3-7-22(21)26-23/h2-14H,1H3. The van der Waals surface area contributed by atoms with Gasteiger partial charge in [0.25, 0.3) is 0 Å². The van der Waals surface area contributed by atoms with Gasteiger partial charge in [-0.15, -0.1) is 0 Å². The molecule has 3 heteroatoms. The Morgan fingerprint density at radius 3 is 2.50 bits per heavy atom. The average Bonchev–Trinajstić information content (AvgIpc) is 3.11. The van der Waals surface area contributed by atoms with Gasteiger partial charge >= 0.3 is 0 Å². The average molecular weight is 336 g/mol. The minimum Gasteiger partial charge on any atom is -0.436 e. The molecule has 0 spiro atoms. The van der Waals surface area contributed by atoms with E-state index in [9.17, 15) is 0 Å². The summed E-state index contributed by atoms with van der Waals surface area (Å²) < 4.78 is 5.92. The molecule has 5 aromatic rings. The normalized spacial score (nSPS) is 11.3. The number of hydrogen-bond donors (Lipinski definition) is 0. The molecule has 2 heterocycles. The summed E-state index contributed by atoms with van der Waals surface area (Å²) in [5.74, 6) is 0.665. The van der Waals surface area contributed by atoms with Crippen LogP contribution in [0.3, 0.4) is 0 Å². The van der Waals surface area contributed by atoms with Gasteiger partial charge in [-0.05, 0) is 60.0 Å². The molecule has 3 aromatic carbocycles. The molecule has 0 saturated carbocycles. The first kappa shape index (κ1) is 14.8. The van der Waals surface area contributed by atoms with E-state index in [1.54, 1.807) is 0 Å². The Morgan fingerprint density at radius 2 is 1.62 bits per heavy atom. The predicted octanol–water partition coefficient (Wildman–Crippen LogP) is 6.02. The predicted molar refractivity (Wildman–Crippen MR) is 105 cm³/mol. The summed E-state index contributed by atoms with van der Waals surface area (Å²) in [7, 11) is 0. The Morgan fingerprint density at radius 1 is 0.769 bits per heavy atom. The Bertz CT molecular complexity index is 1220. The van der Waals surface area contributed by atoms with Gasteiger partial charge in [-0.25, -0.2) is 4.98 Å². The number of benzene rings is 3. The number of para-hydroxylation sites is 2. The molecule has 0 aliphatic rings. The zero-order valence-electron chi connectivity index (χ0n) is 14.3. The maximum absolute atomic E-state index is 5.92. The molecule has 3 nitrogen and oxygen atoms in total. The van der Waals surface area contributed by atoms with E-state index in [1.807, 2.05) is 36.5 Å². The minimum absolute atomic E-state index is 0.665. The van der Waals surface area contributed by atoms with Gasteiger partial charge in [0.05, 0.1) is 5.52 Å². The van der Waals surface area contributed by atoms with Crippen molar-refractivity contribution in [2.45, 2.75) is 6.92 Å². The van der Waals surface area contributed by atoms with Gasteiger partial charge in [-0.2, -0.15) is 0 Å². The molecule has 0 N–H and O–H groups in total. The lowest BCUT2D eigenvalue weighted by Crippen LogP contribution is -1.86. The van der Waals surface area contributed by atoms with Crippen LogP contribution in [0.2, 0.25) is 0 Å².